The van der Waals surface area contributed by atoms with E-state index in [0.717, 1.165) is 128 Å². The maximum absolute atomic E-state index is 5.16. The Labute approximate surface area is 861 Å². The second kappa shape index (κ2) is 37.9. The highest BCUT2D eigenvalue weighted by Crippen LogP contribution is 2.57. The van der Waals surface area contributed by atoms with Crippen molar-refractivity contribution in [1.29, 1.82) is 0 Å². The van der Waals surface area contributed by atoms with Crippen LogP contribution < -0.4 is 14.7 Å². The van der Waals surface area contributed by atoms with Crippen molar-refractivity contribution in [2.45, 2.75) is 0 Å². The highest BCUT2D eigenvalue weighted by molar-refractivity contribution is 6.20. The lowest BCUT2D eigenvalue weighted by molar-refractivity contribution is 1.07. The first-order valence-electron chi connectivity index (χ1n) is 50.2. The summed E-state index contributed by atoms with van der Waals surface area (Å²) >= 11 is 0. The van der Waals surface area contributed by atoms with Crippen LogP contribution in [0, 0.1) is 0 Å². The molecule has 23 aromatic carbocycles. The molecule has 0 spiro atoms. The normalized spacial score (nSPS) is 11.9. The Bertz CT molecular complexity index is 9290. The molecule has 0 atom stereocenters. The van der Waals surface area contributed by atoms with Gasteiger partial charge in [0.15, 0.2) is 52.4 Å². The van der Waals surface area contributed by atoms with Gasteiger partial charge in [-0.25, -0.2) is 44.9 Å². The Morgan fingerprint density at radius 1 is 0.114 bits per heavy atom. The van der Waals surface area contributed by atoms with Crippen molar-refractivity contribution in [3.63, 3.8) is 0 Å². The van der Waals surface area contributed by atoms with Crippen LogP contribution in [0.5, 0.6) is 0 Å². The molecule has 696 valence electrons. The Kier molecular flexibility index (Phi) is 22.3. The topological polar surface area (TPSA) is 126 Å². The van der Waals surface area contributed by atoms with Crippen molar-refractivity contribution in [3.05, 3.63) is 534 Å². The number of nitrogens with zero attached hydrogens (tertiary/aromatic N) is 12. The predicted octanol–water partition coefficient (Wildman–Crippen LogP) is 35.7. The van der Waals surface area contributed by atoms with E-state index in [-0.39, 0.29) is 0 Å². The number of para-hydroxylation sites is 3. The Balaban J connectivity index is 0.000000110. The number of aromatic nitrogens is 9. The molecule has 0 radical (unpaired) electrons. The third-order valence-electron chi connectivity index (χ3n) is 28.6. The van der Waals surface area contributed by atoms with Gasteiger partial charge in [0.1, 0.15) is 0 Å². The molecule has 12 nitrogen and oxygen atoms in total. The summed E-state index contributed by atoms with van der Waals surface area (Å²) in [4.78, 5) is 52.8. The summed E-state index contributed by atoms with van der Waals surface area (Å²) in [7, 11) is 0. The molecular formula is C137H88N12. The molecule has 0 saturated heterocycles. The van der Waals surface area contributed by atoms with Crippen LogP contribution in [0.3, 0.4) is 0 Å². The van der Waals surface area contributed by atoms with Crippen LogP contribution in [0.4, 0.5) is 51.2 Å². The largest absolute Gasteiger partial charge is 0.309 e. The maximum Gasteiger partial charge on any atom is 0.164 e. The van der Waals surface area contributed by atoms with E-state index < -0.39 is 0 Å². The number of hydrogen-bond acceptors (Lipinski definition) is 12. The third kappa shape index (κ3) is 16.2. The molecule has 0 amide bonds. The minimum atomic E-state index is 0.631. The molecule has 12 heteroatoms. The second-order valence-corrected chi connectivity index (χ2v) is 37.4. The number of hydrogen-bond donors (Lipinski definition) is 0. The summed E-state index contributed by atoms with van der Waals surface area (Å²) in [6.45, 7) is 0. The smallest absolute Gasteiger partial charge is 0.164 e. The molecule has 26 aromatic rings. The van der Waals surface area contributed by atoms with E-state index in [4.69, 9.17) is 44.9 Å². The fourth-order valence-electron chi connectivity index (χ4n) is 21.6. The number of rotatable bonds is 15. The van der Waals surface area contributed by atoms with Crippen molar-refractivity contribution < 1.29 is 0 Å². The first kappa shape index (κ1) is 87.8. The van der Waals surface area contributed by atoms with E-state index in [2.05, 4.69) is 464 Å². The monoisotopic (exact) mass is 1900 g/mol. The first-order chi connectivity index (χ1) is 73.9. The molecule has 3 aliphatic rings. The fraction of sp³-hybridized carbons (Fsp3) is 0. The molecule has 0 aliphatic carbocycles. The van der Waals surface area contributed by atoms with Crippen LogP contribution in [0.2, 0.25) is 0 Å². The zero-order valence-electron chi connectivity index (χ0n) is 80.7. The molecule has 6 heterocycles. The summed E-state index contributed by atoms with van der Waals surface area (Å²) in [5.74, 6) is 5.76. The van der Waals surface area contributed by atoms with Crippen LogP contribution >= 0.6 is 0 Å². The van der Waals surface area contributed by atoms with Gasteiger partial charge in [0.2, 0.25) is 0 Å². The summed E-state index contributed by atoms with van der Waals surface area (Å²) in [5.41, 5.74) is 33.2. The summed E-state index contributed by atoms with van der Waals surface area (Å²) in [6, 6.07) is 187. The molecule has 0 fully saturated rings. The Hall–Kier alpha value is -20.2. The molecule has 3 aliphatic heterocycles. The van der Waals surface area contributed by atoms with Gasteiger partial charge in [0.25, 0.3) is 0 Å². The maximum atomic E-state index is 5.16. The number of fused-ring (bicyclic) bond motifs is 8. The van der Waals surface area contributed by atoms with Gasteiger partial charge in [-0.05, 0) is 144 Å². The van der Waals surface area contributed by atoms with E-state index in [9.17, 15) is 0 Å². The first-order valence-corrected chi connectivity index (χ1v) is 50.2. The van der Waals surface area contributed by atoms with E-state index in [1.807, 2.05) is 84.9 Å². The number of anilines is 9. The minimum absolute atomic E-state index is 0.631. The lowest BCUT2D eigenvalue weighted by Crippen LogP contribution is -2.15. The van der Waals surface area contributed by atoms with Crippen molar-refractivity contribution in [3.8, 4) is 169 Å². The predicted molar refractivity (Wildman–Crippen MR) is 613 cm³/mol. The van der Waals surface area contributed by atoms with Crippen molar-refractivity contribution in [2.24, 2.45) is 0 Å². The average molecular weight is 1900 g/mol. The molecule has 0 bridgehead atoms. The fourth-order valence-corrected chi connectivity index (χ4v) is 21.6. The highest BCUT2D eigenvalue weighted by Gasteiger charge is 2.33. The highest BCUT2D eigenvalue weighted by atomic mass is 15.2. The molecule has 29 rings (SSSR count). The average Bonchev–Trinajstić information content (AvgIpc) is 0.721. The van der Waals surface area contributed by atoms with Gasteiger partial charge in [-0.3, -0.25) is 0 Å². The summed E-state index contributed by atoms with van der Waals surface area (Å²) < 4.78 is 0. The van der Waals surface area contributed by atoms with Crippen LogP contribution in [0.25, 0.3) is 223 Å². The van der Waals surface area contributed by atoms with Gasteiger partial charge in [0.05, 0.1) is 45.5 Å². The molecule has 0 unspecified atom stereocenters. The van der Waals surface area contributed by atoms with E-state index >= 15 is 0 Å². The lowest BCUT2D eigenvalue weighted by atomic mass is 9.90. The van der Waals surface area contributed by atoms with Gasteiger partial charge in [0, 0.05) is 99.4 Å². The molecule has 0 N–H and O–H groups in total. The van der Waals surface area contributed by atoms with Gasteiger partial charge in [-0.2, -0.15) is 0 Å². The van der Waals surface area contributed by atoms with Gasteiger partial charge >= 0.3 is 0 Å². The summed E-state index contributed by atoms with van der Waals surface area (Å²) in [5, 5.41) is 11.9. The molecular weight excluding hydrogens is 1810 g/mol. The van der Waals surface area contributed by atoms with Crippen LogP contribution in [-0.4, -0.2) is 44.9 Å². The van der Waals surface area contributed by atoms with Gasteiger partial charge < -0.3 is 14.7 Å². The molecule has 149 heavy (non-hydrogen) atoms. The standard InChI is InChI=1S/2C47H30N4.C43H28N4/c1-3-13-31(14-4-1)32-27-29-35(30-28-32)46-48-45(34-15-5-2-6-16-34)49-47(50-46)40-23-11-21-37-36(40)20-12-25-42(37)51-41-24-8-7-19-38(41)39-22-9-17-33-18-10-26-43(51)44(33)39;1-3-13-31(14-4-1)32-25-27-35(28-26-32)46-48-45(34-15-5-2-6-16-34)49-47(50-46)40-29-30-42(37-20-8-7-19-36(37)40)51-41-23-10-9-21-38(41)39-22-11-17-33-18-12-24-43(51)44(33)39;1-3-12-29(13-4-1)30-24-26-33(27-25-30)42-44-41(32-14-5-2-6-15-32)45-43(46-42)34-18-9-19-35(28-34)47-38-22-8-7-20-36(38)37-21-10-16-31-17-11-23-39(47)40(31)37/h2*1-30H;1-28H. The zero-order valence-corrected chi connectivity index (χ0v) is 80.7. The summed E-state index contributed by atoms with van der Waals surface area (Å²) in [6.07, 6.45) is 0. The van der Waals surface area contributed by atoms with Crippen LogP contribution in [-0.2, 0) is 0 Å². The quantitative estimate of drug-likeness (QED) is 0.0970. The van der Waals surface area contributed by atoms with Crippen LogP contribution in [0.1, 0.15) is 0 Å². The third-order valence-corrected chi connectivity index (χ3v) is 28.6. The van der Waals surface area contributed by atoms with E-state index in [0.29, 0.717) is 52.4 Å². The molecule has 0 saturated carbocycles. The van der Waals surface area contributed by atoms with E-state index in [1.54, 1.807) is 0 Å². The van der Waals surface area contributed by atoms with Gasteiger partial charge in [-0.1, -0.05) is 467 Å². The Morgan fingerprint density at radius 2 is 0.329 bits per heavy atom. The zero-order chi connectivity index (χ0) is 98.6. The van der Waals surface area contributed by atoms with Crippen LogP contribution in [0.15, 0.2) is 534 Å². The van der Waals surface area contributed by atoms with Crippen molar-refractivity contribution in [1.82, 2.24) is 44.9 Å². The molecule has 3 aromatic heterocycles. The van der Waals surface area contributed by atoms with Crippen molar-refractivity contribution >= 4 is 105 Å². The lowest BCUT2D eigenvalue weighted by Gasteiger charge is -2.34. The minimum Gasteiger partial charge on any atom is -0.309 e. The van der Waals surface area contributed by atoms with E-state index in [1.165, 1.54) is 93.8 Å². The SMILES string of the molecule is c1ccc(-c2ccc(-c3nc(-c4ccccc4)nc(-c4ccc(N5c6ccccc6-c6cccc7cccc5c67)c5ccccc45)n3)cc2)cc1.c1ccc(-c2ccc(-c3nc(-c4ccccc4)nc(-c4cccc(N5c6ccccc6-c6cccc7cccc5c67)c4)n3)cc2)cc1.c1ccc(-c2ccc(-c3nc(-c4ccccc4)nc(-c4cccc5c(N6c7ccccc7-c7cccc8cccc6c78)cccc45)n3)cc2)cc1. The van der Waals surface area contributed by atoms with Gasteiger partial charge in [-0.15, -0.1) is 0 Å². The Morgan fingerprint density at radius 3 is 0.711 bits per heavy atom. The second-order valence-electron chi connectivity index (χ2n) is 37.4. The van der Waals surface area contributed by atoms with Crippen molar-refractivity contribution in [2.75, 3.05) is 14.7 Å². The number of benzene rings is 23.